The molecule has 0 radical (unpaired) electrons. The van der Waals surface area contributed by atoms with Crippen LogP contribution < -0.4 is 10.0 Å². The molecule has 0 aromatic heterocycles. The Balaban J connectivity index is 1.76. The average molecular weight is 338 g/mol. The number of sulfonamides is 1. The minimum absolute atomic E-state index is 0.233. The summed E-state index contributed by atoms with van der Waals surface area (Å²) in [5, 5.41) is 2.28. The fourth-order valence-electron chi connectivity index (χ4n) is 3.38. The smallest absolute Gasteiger partial charge is 0.322 e. The van der Waals surface area contributed by atoms with Gasteiger partial charge >= 0.3 is 5.97 Å². The third kappa shape index (κ3) is 3.35. The summed E-state index contributed by atoms with van der Waals surface area (Å²) >= 11 is 0. The van der Waals surface area contributed by atoms with E-state index in [2.05, 4.69) is 20.8 Å². The van der Waals surface area contributed by atoms with Crippen molar-refractivity contribution in [3.05, 3.63) is 29.3 Å². The monoisotopic (exact) mass is 338 g/mol. The molecule has 126 valence electrons. The molecule has 1 aliphatic carbocycles. The number of hydrogen-bond acceptors (Lipinski definition) is 5. The molecule has 2 atom stereocenters. The third-order valence-electron chi connectivity index (χ3n) is 4.66. The first-order valence-electron chi connectivity index (χ1n) is 7.95. The van der Waals surface area contributed by atoms with Crippen molar-refractivity contribution in [1.82, 2.24) is 5.32 Å². The fourth-order valence-corrected chi connectivity index (χ4v) is 4.80. The van der Waals surface area contributed by atoms with E-state index in [9.17, 15) is 13.2 Å². The van der Waals surface area contributed by atoms with Gasteiger partial charge in [-0.25, -0.2) is 8.42 Å². The molecule has 1 aromatic rings. The molecule has 1 aliphatic heterocycles. The van der Waals surface area contributed by atoms with E-state index in [-0.39, 0.29) is 13.0 Å². The van der Waals surface area contributed by atoms with E-state index in [1.165, 1.54) is 12.7 Å². The van der Waals surface area contributed by atoms with Crippen LogP contribution in [0.25, 0.3) is 0 Å². The predicted molar refractivity (Wildman–Crippen MR) is 87.8 cm³/mol. The van der Waals surface area contributed by atoms with E-state index in [1.807, 2.05) is 12.1 Å². The molecule has 1 fully saturated rings. The Morgan fingerprint density at radius 3 is 2.87 bits per heavy atom. The molecule has 0 bridgehead atoms. The summed E-state index contributed by atoms with van der Waals surface area (Å²) in [6, 6.07) is 5.23. The Bertz CT molecular complexity index is 702. The summed E-state index contributed by atoms with van der Waals surface area (Å²) in [6.07, 6.45) is 4.37. The third-order valence-corrected chi connectivity index (χ3v) is 6.40. The van der Waals surface area contributed by atoms with Gasteiger partial charge in [0.1, 0.15) is 6.04 Å². The van der Waals surface area contributed by atoms with E-state index < -0.39 is 27.3 Å². The maximum absolute atomic E-state index is 12.6. The second kappa shape index (κ2) is 6.49. The Kier molecular flexibility index (Phi) is 4.59. The van der Waals surface area contributed by atoms with E-state index in [0.29, 0.717) is 5.69 Å². The maximum Gasteiger partial charge on any atom is 0.322 e. The predicted octanol–water partition coefficient (Wildman–Crippen LogP) is 1.21. The van der Waals surface area contributed by atoms with Gasteiger partial charge in [0, 0.05) is 6.54 Å². The zero-order valence-electron chi connectivity index (χ0n) is 13.2. The van der Waals surface area contributed by atoms with Crippen LogP contribution in [-0.2, 0) is 32.4 Å². The molecule has 1 aromatic carbocycles. The molecule has 1 heterocycles. The minimum Gasteiger partial charge on any atom is -0.468 e. The highest BCUT2D eigenvalue weighted by molar-refractivity contribution is 7.93. The first-order chi connectivity index (χ1) is 11.0. The van der Waals surface area contributed by atoms with E-state index in [1.54, 1.807) is 0 Å². The fraction of sp³-hybridized carbons (Fsp3) is 0.562. The van der Waals surface area contributed by atoms with E-state index in [0.717, 1.165) is 31.2 Å². The van der Waals surface area contributed by atoms with Crippen LogP contribution in [0.2, 0.25) is 0 Å². The van der Waals surface area contributed by atoms with Crippen LogP contribution >= 0.6 is 0 Å². The summed E-state index contributed by atoms with van der Waals surface area (Å²) in [5.41, 5.74) is 3.02. The van der Waals surface area contributed by atoms with Gasteiger partial charge in [0.2, 0.25) is 10.0 Å². The Labute approximate surface area is 136 Å². The van der Waals surface area contributed by atoms with Crippen molar-refractivity contribution >= 4 is 21.7 Å². The summed E-state index contributed by atoms with van der Waals surface area (Å²) < 4.78 is 32.7. The number of methoxy groups -OCH3 is 1. The van der Waals surface area contributed by atoms with Gasteiger partial charge in [-0.15, -0.1) is 0 Å². The molecule has 7 heteroatoms. The largest absolute Gasteiger partial charge is 0.468 e. The number of esters is 1. The summed E-state index contributed by atoms with van der Waals surface area (Å²) in [5.74, 6) is -0.417. The number of carbonyl (C=O) groups is 1. The van der Waals surface area contributed by atoms with Crippen LogP contribution in [0.15, 0.2) is 18.2 Å². The number of nitrogens with one attached hydrogen (secondary N) is 2. The number of aryl methyl sites for hydroxylation is 1. The lowest BCUT2D eigenvalue weighted by atomic mass is 9.91. The van der Waals surface area contributed by atoms with Crippen LogP contribution in [-0.4, -0.2) is 39.3 Å². The van der Waals surface area contributed by atoms with Crippen LogP contribution in [0.4, 0.5) is 5.69 Å². The summed E-state index contributed by atoms with van der Waals surface area (Å²) in [7, 11) is -2.24. The second-order valence-corrected chi connectivity index (χ2v) is 8.10. The normalized spacial score (nSPS) is 24.0. The molecule has 6 nitrogen and oxygen atoms in total. The number of benzene rings is 1. The van der Waals surface area contributed by atoms with Gasteiger partial charge < -0.3 is 10.1 Å². The summed E-state index contributed by atoms with van der Waals surface area (Å²) in [4.78, 5) is 11.5. The highest BCUT2D eigenvalue weighted by Crippen LogP contribution is 2.29. The highest BCUT2D eigenvalue weighted by Gasteiger charge is 2.38. The van der Waals surface area contributed by atoms with Gasteiger partial charge in [-0.05, 0) is 49.3 Å². The van der Waals surface area contributed by atoms with Crippen LogP contribution in [0.1, 0.15) is 30.4 Å². The van der Waals surface area contributed by atoms with Crippen LogP contribution in [0.5, 0.6) is 0 Å². The zero-order chi connectivity index (χ0) is 16.4. The molecule has 2 N–H and O–H groups in total. The van der Waals surface area contributed by atoms with Gasteiger partial charge in [0.25, 0.3) is 0 Å². The molecule has 0 amide bonds. The van der Waals surface area contributed by atoms with E-state index >= 15 is 0 Å². The van der Waals surface area contributed by atoms with Crippen molar-refractivity contribution in [2.75, 3.05) is 18.4 Å². The highest BCUT2D eigenvalue weighted by atomic mass is 32.2. The number of carbonyl (C=O) groups excluding carboxylic acids is 1. The quantitative estimate of drug-likeness (QED) is 0.806. The van der Waals surface area contributed by atoms with Gasteiger partial charge in [-0.1, -0.05) is 12.1 Å². The van der Waals surface area contributed by atoms with Crippen molar-refractivity contribution in [3.63, 3.8) is 0 Å². The molecule has 3 rings (SSSR count). The first kappa shape index (κ1) is 16.3. The number of fused-ring (bicyclic) bond motifs is 1. The standard InChI is InChI=1S/C16H22N2O4S/c1-22-16(19)15-9-12(10-17-15)23(20,21)18-14-8-4-6-11-5-2-3-7-13(11)14/h4,6,8,12,15,17-18H,2-3,5,7,9-10H2,1H3. The molecule has 23 heavy (non-hydrogen) atoms. The van der Waals surface area contributed by atoms with Crippen molar-refractivity contribution in [2.24, 2.45) is 0 Å². The van der Waals surface area contributed by atoms with Crippen LogP contribution in [0, 0.1) is 0 Å². The average Bonchev–Trinajstić information content (AvgIpc) is 3.05. The Morgan fingerprint density at radius 2 is 2.09 bits per heavy atom. The molecule has 2 aliphatic rings. The molecular weight excluding hydrogens is 316 g/mol. The lowest BCUT2D eigenvalue weighted by molar-refractivity contribution is -0.142. The number of rotatable bonds is 4. The topological polar surface area (TPSA) is 84.5 Å². The molecule has 0 saturated carbocycles. The molecule has 1 saturated heterocycles. The second-order valence-electron chi connectivity index (χ2n) is 6.14. The zero-order valence-corrected chi connectivity index (χ0v) is 14.0. The molecular formula is C16H22N2O4S. The maximum atomic E-state index is 12.6. The minimum atomic E-state index is -3.54. The van der Waals surface area contributed by atoms with E-state index in [4.69, 9.17) is 0 Å². The SMILES string of the molecule is COC(=O)C1CC(S(=O)(=O)Nc2cccc3c2CCCC3)CN1. The van der Waals surface area contributed by atoms with Crippen molar-refractivity contribution in [2.45, 2.75) is 43.4 Å². The van der Waals surface area contributed by atoms with Crippen molar-refractivity contribution < 1.29 is 17.9 Å². The van der Waals surface area contributed by atoms with Crippen molar-refractivity contribution in [3.8, 4) is 0 Å². The Morgan fingerprint density at radius 1 is 1.30 bits per heavy atom. The van der Waals surface area contributed by atoms with Crippen LogP contribution in [0.3, 0.4) is 0 Å². The molecule has 0 spiro atoms. The Hall–Kier alpha value is -1.60. The lowest BCUT2D eigenvalue weighted by Gasteiger charge is -2.21. The number of anilines is 1. The van der Waals surface area contributed by atoms with Gasteiger partial charge in [-0.2, -0.15) is 0 Å². The lowest BCUT2D eigenvalue weighted by Crippen LogP contribution is -2.31. The summed E-state index contributed by atoms with van der Waals surface area (Å²) in [6.45, 7) is 0.254. The van der Waals surface area contributed by atoms with Gasteiger partial charge in [-0.3, -0.25) is 9.52 Å². The first-order valence-corrected chi connectivity index (χ1v) is 9.49. The van der Waals surface area contributed by atoms with Crippen molar-refractivity contribution in [1.29, 1.82) is 0 Å². The van der Waals surface area contributed by atoms with Gasteiger partial charge in [0.15, 0.2) is 0 Å². The number of ether oxygens (including phenoxy) is 1. The number of hydrogen-bond donors (Lipinski definition) is 2. The van der Waals surface area contributed by atoms with Gasteiger partial charge in [0.05, 0.1) is 18.0 Å². The molecule has 2 unspecified atom stereocenters.